The van der Waals surface area contributed by atoms with E-state index < -0.39 is 5.60 Å². The Kier molecular flexibility index (Phi) is 4.00. The fourth-order valence-corrected chi connectivity index (χ4v) is 3.85. The number of rotatable bonds is 4. The lowest BCUT2D eigenvalue weighted by Gasteiger charge is -2.19. The predicted molar refractivity (Wildman–Crippen MR) is 108 cm³/mol. The van der Waals surface area contributed by atoms with E-state index in [-0.39, 0.29) is 45.1 Å². The molecule has 0 aliphatic heterocycles. The van der Waals surface area contributed by atoms with Gasteiger partial charge in [-0.2, -0.15) is 10.2 Å². The van der Waals surface area contributed by atoms with Gasteiger partial charge in [-0.1, -0.05) is 23.7 Å². The summed E-state index contributed by atoms with van der Waals surface area (Å²) in [6.07, 6.45) is 3.28. The Morgan fingerprint density at radius 3 is 2.83 bits per heavy atom. The molecule has 5 rings (SSSR count). The van der Waals surface area contributed by atoms with Crippen molar-refractivity contribution in [2.45, 2.75) is 44.8 Å². The van der Waals surface area contributed by atoms with Crippen molar-refractivity contribution < 1.29 is 9.63 Å². The van der Waals surface area contributed by atoms with Crippen LogP contribution in [0.5, 0.6) is 0 Å². The third kappa shape index (κ3) is 2.51. The van der Waals surface area contributed by atoms with E-state index in [1.54, 1.807) is 21.1 Å². The highest BCUT2D eigenvalue weighted by atomic mass is 35.5. The normalized spacial score (nSPS) is 16.1. The summed E-state index contributed by atoms with van der Waals surface area (Å²) in [6.45, 7) is 3.87. The van der Waals surface area contributed by atoms with Gasteiger partial charge in [0.1, 0.15) is 29.2 Å². The van der Waals surface area contributed by atoms with Gasteiger partial charge in [0.2, 0.25) is 5.82 Å². The topological polar surface area (TPSA) is 122 Å². The summed E-state index contributed by atoms with van der Waals surface area (Å²) in [5.74, 6) is 0.259. The first-order valence-corrected chi connectivity index (χ1v) is 9.98. The average Bonchev–Trinajstić information content (AvgIpc) is 3.14. The molecule has 4 aromatic rings. The zero-order valence-electron chi connectivity index (χ0n) is 16.3. The van der Waals surface area contributed by atoms with E-state index in [0.29, 0.717) is 30.3 Å². The molecule has 1 unspecified atom stereocenters. The minimum absolute atomic E-state index is 0.125. The lowest BCUT2D eigenvalue weighted by Crippen LogP contribution is -2.26. The first-order valence-electron chi connectivity index (χ1n) is 9.60. The van der Waals surface area contributed by atoms with Crippen LogP contribution in [0, 0.1) is 11.3 Å². The smallest absolute Gasteiger partial charge is 0.278 e. The number of nitrogens with zero attached hydrogens (tertiary/aromatic N) is 6. The van der Waals surface area contributed by atoms with Gasteiger partial charge in [-0.25, -0.2) is 4.98 Å². The predicted octanol–water partition coefficient (Wildman–Crippen LogP) is 3.18. The fourth-order valence-electron chi connectivity index (χ4n) is 3.66. The van der Waals surface area contributed by atoms with Crippen LogP contribution in [0.2, 0.25) is 5.02 Å². The molecule has 3 heterocycles. The second kappa shape index (κ2) is 6.39. The lowest BCUT2D eigenvalue weighted by atomic mass is 10.1. The number of nitriles is 1. The van der Waals surface area contributed by atoms with Gasteiger partial charge in [0.15, 0.2) is 0 Å². The number of halogens is 1. The molecule has 1 saturated carbocycles. The number of aromatic nitrogens is 5. The third-order valence-corrected chi connectivity index (χ3v) is 6.01. The van der Waals surface area contributed by atoms with Gasteiger partial charge < -0.3 is 14.2 Å². The molecular weight excluding hydrogens is 408 g/mol. The van der Waals surface area contributed by atoms with Crippen LogP contribution in [0.1, 0.15) is 50.6 Å². The largest absolute Gasteiger partial charge is 0.380 e. The molecule has 1 aromatic carbocycles. The van der Waals surface area contributed by atoms with Crippen molar-refractivity contribution >= 4 is 28.2 Å². The van der Waals surface area contributed by atoms with Crippen LogP contribution in [0.25, 0.3) is 28.1 Å². The Balaban J connectivity index is 1.88. The SMILES string of the molecule is CCC(C)n1c(=O)c2c(-c3noc(C4(O)CC4)n3)ncn2c2ccc(Cl)c(C#N)c21. The molecule has 1 N–H and O–H groups in total. The zero-order valence-corrected chi connectivity index (χ0v) is 17.0. The van der Waals surface area contributed by atoms with Crippen LogP contribution in [-0.2, 0) is 5.60 Å². The molecule has 1 atom stereocenters. The summed E-state index contributed by atoms with van der Waals surface area (Å²) in [5.41, 5.74) is 0.427. The summed E-state index contributed by atoms with van der Waals surface area (Å²) < 4.78 is 8.41. The van der Waals surface area contributed by atoms with Crippen molar-refractivity contribution in [3.8, 4) is 17.6 Å². The van der Waals surface area contributed by atoms with E-state index in [0.717, 1.165) is 0 Å². The molecule has 152 valence electrons. The van der Waals surface area contributed by atoms with Crippen LogP contribution >= 0.6 is 11.6 Å². The molecule has 0 radical (unpaired) electrons. The summed E-state index contributed by atoms with van der Waals surface area (Å²) in [7, 11) is 0. The highest BCUT2D eigenvalue weighted by Gasteiger charge is 2.48. The third-order valence-electron chi connectivity index (χ3n) is 5.70. The van der Waals surface area contributed by atoms with Crippen LogP contribution in [0.4, 0.5) is 0 Å². The van der Waals surface area contributed by atoms with Crippen molar-refractivity contribution in [3.05, 3.63) is 45.3 Å². The maximum absolute atomic E-state index is 13.6. The highest BCUT2D eigenvalue weighted by Crippen LogP contribution is 2.44. The quantitative estimate of drug-likeness (QED) is 0.533. The summed E-state index contributed by atoms with van der Waals surface area (Å²) in [4.78, 5) is 22.2. The Hall–Kier alpha value is -3.22. The fraction of sp³-hybridized carbons (Fsp3) is 0.350. The van der Waals surface area contributed by atoms with Crippen molar-refractivity contribution in [1.82, 2.24) is 24.1 Å². The Bertz CT molecular complexity index is 1420. The van der Waals surface area contributed by atoms with E-state index >= 15 is 0 Å². The van der Waals surface area contributed by atoms with Crippen molar-refractivity contribution in [2.75, 3.05) is 0 Å². The second-order valence-corrected chi connectivity index (χ2v) is 8.01. The van der Waals surface area contributed by atoms with Gasteiger partial charge in [-0.05, 0) is 38.3 Å². The van der Waals surface area contributed by atoms with E-state index in [9.17, 15) is 15.2 Å². The van der Waals surface area contributed by atoms with E-state index in [1.807, 2.05) is 13.8 Å². The molecule has 0 spiro atoms. The van der Waals surface area contributed by atoms with Crippen molar-refractivity contribution in [3.63, 3.8) is 0 Å². The molecule has 9 nitrogen and oxygen atoms in total. The minimum atomic E-state index is -1.08. The molecule has 0 saturated heterocycles. The molecule has 1 aliphatic carbocycles. The van der Waals surface area contributed by atoms with Crippen molar-refractivity contribution in [2.24, 2.45) is 0 Å². The number of hydrogen-bond acceptors (Lipinski definition) is 7. The van der Waals surface area contributed by atoms with Crippen LogP contribution < -0.4 is 5.56 Å². The molecule has 1 fully saturated rings. The summed E-state index contributed by atoms with van der Waals surface area (Å²) in [6, 6.07) is 5.31. The van der Waals surface area contributed by atoms with E-state index in [4.69, 9.17) is 16.1 Å². The van der Waals surface area contributed by atoms with Gasteiger partial charge in [0.25, 0.3) is 11.4 Å². The van der Waals surface area contributed by atoms with Crippen LogP contribution in [0.3, 0.4) is 0 Å². The average molecular weight is 425 g/mol. The second-order valence-electron chi connectivity index (χ2n) is 7.60. The summed E-state index contributed by atoms with van der Waals surface area (Å²) in [5, 5.41) is 24.1. The molecule has 30 heavy (non-hydrogen) atoms. The van der Waals surface area contributed by atoms with Crippen LogP contribution in [0.15, 0.2) is 27.8 Å². The van der Waals surface area contributed by atoms with Gasteiger partial charge in [-0.15, -0.1) is 0 Å². The molecule has 0 bridgehead atoms. The standard InChI is InChI=1S/C20H17ClN6O3/c1-3-10(2)27-15-11(8-22)12(21)4-5-13(15)26-9-23-14(16(26)18(27)28)17-24-19(30-25-17)20(29)6-7-20/h4-5,9-10,29H,3,6-7H2,1-2H3. The number of aliphatic hydroxyl groups is 1. The van der Waals surface area contributed by atoms with Crippen LogP contribution in [-0.4, -0.2) is 29.2 Å². The number of hydrogen-bond donors (Lipinski definition) is 1. The summed E-state index contributed by atoms with van der Waals surface area (Å²) >= 11 is 6.26. The Morgan fingerprint density at radius 2 is 2.17 bits per heavy atom. The van der Waals surface area contributed by atoms with Gasteiger partial charge in [0, 0.05) is 6.04 Å². The first-order chi connectivity index (χ1) is 14.4. The van der Waals surface area contributed by atoms with Gasteiger partial charge >= 0.3 is 0 Å². The zero-order chi connectivity index (χ0) is 21.2. The number of benzene rings is 1. The maximum atomic E-state index is 13.6. The molecule has 1 aliphatic rings. The Morgan fingerprint density at radius 1 is 1.40 bits per heavy atom. The number of fused-ring (bicyclic) bond motifs is 3. The molecule has 0 amide bonds. The van der Waals surface area contributed by atoms with Gasteiger partial charge in [0.05, 0.1) is 21.6 Å². The Labute approximate surface area is 175 Å². The molecular formula is C20H17ClN6O3. The molecule has 10 heteroatoms. The lowest BCUT2D eigenvalue weighted by molar-refractivity contribution is 0.108. The maximum Gasteiger partial charge on any atom is 0.278 e. The number of imidazole rings is 1. The van der Waals surface area contributed by atoms with Gasteiger partial charge in [-0.3, -0.25) is 9.20 Å². The first kappa shape index (κ1) is 18.8. The minimum Gasteiger partial charge on any atom is -0.380 e. The molecule has 3 aromatic heterocycles. The monoisotopic (exact) mass is 424 g/mol. The van der Waals surface area contributed by atoms with E-state index in [1.165, 1.54) is 6.33 Å². The highest BCUT2D eigenvalue weighted by molar-refractivity contribution is 6.32. The van der Waals surface area contributed by atoms with Crippen molar-refractivity contribution in [1.29, 1.82) is 5.26 Å². The van der Waals surface area contributed by atoms with E-state index in [2.05, 4.69) is 21.2 Å².